The van der Waals surface area contributed by atoms with Crippen molar-refractivity contribution < 1.29 is 4.74 Å². The van der Waals surface area contributed by atoms with Crippen LogP contribution in [0.5, 0.6) is 0 Å². The quantitative estimate of drug-likeness (QED) is 0.338. The van der Waals surface area contributed by atoms with Crippen LogP contribution < -0.4 is 10.6 Å². The number of methoxy groups -OCH3 is 1. The molecule has 1 heterocycles. The summed E-state index contributed by atoms with van der Waals surface area (Å²) >= 11 is 0. The topological polar surface area (TPSA) is 52.1 Å². The van der Waals surface area contributed by atoms with Crippen molar-refractivity contribution in [2.24, 2.45) is 4.99 Å². The van der Waals surface area contributed by atoms with Crippen LogP contribution in [-0.2, 0) is 4.74 Å². The lowest BCUT2D eigenvalue weighted by Crippen LogP contribution is -2.46. The Labute approximate surface area is 149 Å². The van der Waals surface area contributed by atoms with Crippen LogP contribution in [0.4, 0.5) is 0 Å². The molecule has 1 rings (SSSR count). The second-order valence-corrected chi connectivity index (χ2v) is 6.67. The van der Waals surface area contributed by atoms with Crippen molar-refractivity contribution in [2.45, 2.75) is 45.1 Å². The summed E-state index contributed by atoms with van der Waals surface area (Å²) in [6, 6.07) is 0.776. The molecule has 2 N–H and O–H groups in total. The molecule has 0 bridgehead atoms. The summed E-state index contributed by atoms with van der Waals surface area (Å²) in [5, 5.41) is 6.85. The van der Waals surface area contributed by atoms with Gasteiger partial charge in [0.1, 0.15) is 0 Å². The molecule has 1 aliphatic heterocycles. The minimum absolute atomic E-state index is 0.776. The van der Waals surface area contributed by atoms with Gasteiger partial charge in [0, 0.05) is 46.4 Å². The average molecular weight is 342 g/mol. The number of piperidine rings is 1. The zero-order valence-electron chi connectivity index (χ0n) is 16.3. The Balaban J connectivity index is 2.12. The van der Waals surface area contributed by atoms with E-state index >= 15 is 0 Å². The van der Waals surface area contributed by atoms with Gasteiger partial charge in [0.2, 0.25) is 0 Å². The molecular weight excluding hydrogens is 302 g/mol. The Morgan fingerprint density at radius 2 is 2.04 bits per heavy atom. The second-order valence-electron chi connectivity index (χ2n) is 6.67. The molecule has 6 heteroatoms. The first kappa shape index (κ1) is 21.2. The normalized spacial score (nSPS) is 19.7. The summed E-state index contributed by atoms with van der Waals surface area (Å²) in [5.41, 5.74) is 0. The summed E-state index contributed by atoms with van der Waals surface area (Å²) in [6.07, 6.45) is 6.47. The second kappa shape index (κ2) is 13.4. The third-order valence-electron chi connectivity index (χ3n) is 4.82. The van der Waals surface area contributed by atoms with Crippen LogP contribution in [0.2, 0.25) is 0 Å². The molecular formula is C18H39N5O. The van der Waals surface area contributed by atoms with Gasteiger partial charge < -0.3 is 20.3 Å². The Morgan fingerprint density at radius 1 is 1.25 bits per heavy atom. The van der Waals surface area contributed by atoms with E-state index in [0.29, 0.717) is 0 Å². The van der Waals surface area contributed by atoms with Crippen LogP contribution >= 0.6 is 0 Å². The molecule has 0 spiro atoms. The number of ether oxygens (including phenoxy) is 1. The van der Waals surface area contributed by atoms with Crippen molar-refractivity contribution in [3.63, 3.8) is 0 Å². The number of rotatable bonds is 11. The molecule has 0 radical (unpaired) electrons. The molecule has 0 aromatic heterocycles. The van der Waals surface area contributed by atoms with Gasteiger partial charge in [0.25, 0.3) is 0 Å². The molecule has 0 amide bonds. The number of likely N-dealkylation sites (N-methyl/N-ethyl adjacent to an activating group) is 1. The van der Waals surface area contributed by atoms with E-state index in [9.17, 15) is 0 Å². The van der Waals surface area contributed by atoms with E-state index in [-0.39, 0.29) is 0 Å². The van der Waals surface area contributed by atoms with Gasteiger partial charge in [-0.2, -0.15) is 0 Å². The first-order valence-electron chi connectivity index (χ1n) is 9.57. The number of aliphatic imine (C=N–C) groups is 1. The number of likely N-dealkylation sites (tertiary alicyclic amines) is 1. The highest BCUT2D eigenvalue weighted by Gasteiger charge is 2.19. The van der Waals surface area contributed by atoms with E-state index in [4.69, 9.17) is 4.74 Å². The van der Waals surface area contributed by atoms with Crippen LogP contribution in [0.15, 0.2) is 4.99 Å². The molecule has 142 valence electrons. The number of guanidine groups is 1. The first-order chi connectivity index (χ1) is 11.7. The first-order valence-corrected chi connectivity index (χ1v) is 9.57. The number of nitrogens with one attached hydrogen (secondary N) is 2. The molecule has 1 unspecified atom stereocenters. The molecule has 0 aromatic carbocycles. The van der Waals surface area contributed by atoms with Gasteiger partial charge in [-0.1, -0.05) is 13.3 Å². The van der Waals surface area contributed by atoms with Crippen molar-refractivity contribution in [3.8, 4) is 0 Å². The minimum atomic E-state index is 0.776. The molecule has 0 saturated carbocycles. The van der Waals surface area contributed by atoms with E-state index in [1.165, 1.54) is 32.2 Å². The fourth-order valence-electron chi connectivity index (χ4n) is 3.27. The van der Waals surface area contributed by atoms with Crippen LogP contribution in [0, 0.1) is 0 Å². The third kappa shape index (κ3) is 8.85. The molecule has 1 atom stereocenters. The maximum atomic E-state index is 5.09. The van der Waals surface area contributed by atoms with Crippen LogP contribution in [-0.4, -0.2) is 88.9 Å². The molecule has 1 aliphatic rings. The van der Waals surface area contributed by atoms with E-state index in [2.05, 4.69) is 39.4 Å². The molecule has 24 heavy (non-hydrogen) atoms. The maximum Gasteiger partial charge on any atom is 0.191 e. The molecule has 1 saturated heterocycles. The predicted octanol–water partition coefficient (Wildman–Crippen LogP) is 1.38. The Hall–Kier alpha value is -0.850. The van der Waals surface area contributed by atoms with Crippen LogP contribution in [0.3, 0.4) is 0 Å². The van der Waals surface area contributed by atoms with Crippen molar-refractivity contribution in [1.29, 1.82) is 0 Å². The standard InChI is InChI=1S/C18H39N5O/c1-5-17-9-6-7-13-23(17)14-11-21-18(19-2)20-10-8-12-22(3)15-16-24-4/h17H,5-16H2,1-4H3,(H2,19,20,21). The molecule has 6 nitrogen and oxygen atoms in total. The van der Waals surface area contributed by atoms with Crippen molar-refractivity contribution in [1.82, 2.24) is 20.4 Å². The predicted molar refractivity (Wildman–Crippen MR) is 103 cm³/mol. The maximum absolute atomic E-state index is 5.09. The van der Waals surface area contributed by atoms with Crippen molar-refractivity contribution in [2.75, 3.05) is 67.1 Å². The van der Waals surface area contributed by atoms with Crippen LogP contribution in [0.25, 0.3) is 0 Å². The lowest BCUT2D eigenvalue weighted by Gasteiger charge is -2.35. The summed E-state index contributed by atoms with van der Waals surface area (Å²) < 4.78 is 5.09. The van der Waals surface area contributed by atoms with E-state index in [1.807, 2.05) is 7.05 Å². The number of hydrogen-bond donors (Lipinski definition) is 2. The summed E-state index contributed by atoms with van der Waals surface area (Å²) in [5.74, 6) is 0.916. The smallest absolute Gasteiger partial charge is 0.191 e. The lowest BCUT2D eigenvalue weighted by molar-refractivity contribution is 0.147. The van der Waals surface area contributed by atoms with Crippen molar-refractivity contribution >= 4 is 5.96 Å². The Kier molecular flexibility index (Phi) is 11.9. The lowest BCUT2D eigenvalue weighted by atomic mass is 10.0. The van der Waals surface area contributed by atoms with Gasteiger partial charge in [-0.15, -0.1) is 0 Å². The largest absolute Gasteiger partial charge is 0.383 e. The summed E-state index contributed by atoms with van der Waals surface area (Å²) in [7, 11) is 5.72. The monoisotopic (exact) mass is 341 g/mol. The van der Waals surface area contributed by atoms with E-state index < -0.39 is 0 Å². The van der Waals surface area contributed by atoms with Crippen LogP contribution in [0.1, 0.15) is 39.0 Å². The Morgan fingerprint density at radius 3 is 2.75 bits per heavy atom. The highest BCUT2D eigenvalue weighted by molar-refractivity contribution is 5.79. The number of nitrogens with zero attached hydrogens (tertiary/aromatic N) is 3. The fourth-order valence-corrected chi connectivity index (χ4v) is 3.27. The van der Waals surface area contributed by atoms with E-state index in [1.54, 1.807) is 7.11 Å². The van der Waals surface area contributed by atoms with Gasteiger partial charge in [0.15, 0.2) is 5.96 Å². The molecule has 0 aliphatic carbocycles. The summed E-state index contributed by atoms with van der Waals surface area (Å²) in [6.45, 7) is 9.42. The number of hydrogen-bond acceptors (Lipinski definition) is 4. The highest BCUT2D eigenvalue weighted by atomic mass is 16.5. The van der Waals surface area contributed by atoms with Gasteiger partial charge in [-0.3, -0.25) is 9.89 Å². The zero-order chi connectivity index (χ0) is 17.6. The average Bonchev–Trinajstić information content (AvgIpc) is 2.62. The van der Waals surface area contributed by atoms with E-state index in [0.717, 1.165) is 57.8 Å². The zero-order valence-corrected chi connectivity index (χ0v) is 16.3. The van der Waals surface area contributed by atoms with Gasteiger partial charge in [-0.05, 0) is 45.8 Å². The fraction of sp³-hybridized carbons (Fsp3) is 0.944. The summed E-state index contributed by atoms with van der Waals surface area (Å²) in [4.78, 5) is 9.25. The van der Waals surface area contributed by atoms with Gasteiger partial charge >= 0.3 is 0 Å². The minimum Gasteiger partial charge on any atom is -0.383 e. The Bertz CT molecular complexity index is 337. The van der Waals surface area contributed by atoms with Gasteiger partial charge in [0.05, 0.1) is 6.61 Å². The van der Waals surface area contributed by atoms with Gasteiger partial charge in [-0.25, -0.2) is 0 Å². The molecule has 0 aromatic rings. The SMILES string of the molecule is CCC1CCCCN1CCNC(=NC)NCCCN(C)CCOC. The molecule has 1 fully saturated rings. The highest BCUT2D eigenvalue weighted by Crippen LogP contribution is 2.18. The third-order valence-corrected chi connectivity index (χ3v) is 4.82. The van der Waals surface area contributed by atoms with Crippen molar-refractivity contribution in [3.05, 3.63) is 0 Å².